The number of carbonyl (C=O) groups is 1. The predicted molar refractivity (Wildman–Crippen MR) is 176 cm³/mol. The van der Waals surface area contributed by atoms with Crippen LogP contribution in [0.3, 0.4) is 0 Å². The van der Waals surface area contributed by atoms with E-state index in [9.17, 15) is 4.79 Å². The second-order valence-corrected chi connectivity index (χ2v) is 14.1. The summed E-state index contributed by atoms with van der Waals surface area (Å²) >= 11 is 0. The van der Waals surface area contributed by atoms with Gasteiger partial charge in [0.2, 0.25) is 0 Å². The molecule has 1 heterocycles. The van der Waals surface area contributed by atoms with Crippen molar-refractivity contribution in [2.45, 2.75) is 89.8 Å². The molecule has 1 aliphatic rings. The summed E-state index contributed by atoms with van der Waals surface area (Å²) in [5, 5.41) is 12.6. The first-order chi connectivity index (χ1) is 19.9. The lowest BCUT2D eigenvalue weighted by molar-refractivity contribution is 0.234. The van der Waals surface area contributed by atoms with Gasteiger partial charge in [-0.2, -0.15) is 0 Å². The van der Waals surface area contributed by atoms with E-state index in [4.69, 9.17) is 0 Å². The minimum atomic E-state index is -0.122. The van der Waals surface area contributed by atoms with Crippen LogP contribution in [0.5, 0.6) is 0 Å². The monoisotopic (exact) mass is 561 g/mol. The van der Waals surface area contributed by atoms with Crippen LogP contribution in [0, 0.1) is 0 Å². The summed E-state index contributed by atoms with van der Waals surface area (Å²) in [6.45, 7) is 16.3. The molecule has 4 heteroatoms. The van der Waals surface area contributed by atoms with Crippen molar-refractivity contribution in [1.82, 2.24) is 16.0 Å². The van der Waals surface area contributed by atoms with Gasteiger partial charge in [-0.1, -0.05) is 126 Å². The van der Waals surface area contributed by atoms with Gasteiger partial charge >= 0.3 is 6.03 Å². The first kappa shape index (κ1) is 29.8. The number of benzene rings is 4. The highest BCUT2D eigenvalue weighted by Gasteiger charge is 2.33. The minimum Gasteiger partial charge on any atom is -0.334 e. The van der Waals surface area contributed by atoms with Gasteiger partial charge < -0.3 is 16.0 Å². The second kappa shape index (κ2) is 11.9. The lowest BCUT2D eigenvalue weighted by Crippen LogP contribution is -2.43. The largest absolute Gasteiger partial charge is 0.334 e. The molecule has 2 unspecified atom stereocenters. The van der Waals surface area contributed by atoms with Gasteiger partial charge in [-0.15, -0.1) is 0 Å². The molecule has 0 saturated carbocycles. The summed E-state index contributed by atoms with van der Waals surface area (Å²) in [4.78, 5) is 13.1. The summed E-state index contributed by atoms with van der Waals surface area (Å²) < 4.78 is 0. The molecule has 2 amide bonds. The number of carbonyl (C=O) groups excluding carboxylic acids is 1. The number of urea groups is 1. The Bertz CT molecular complexity index is 1450. The summed E-state index contributed by atoms with van der Waals surface area (Å²) in [6.07, 6.45) is 0.866. The maximum Gasteiger partial charge on any atom is 0.315 e. The Balaban J connectivity index is 1.29. The van der Waals surface area contributed by atoms with E-state index in [1.54, 1.807) is 0 Å². The van der Waals surface area contributed by atoms with Gasteiger partial charge in [0.1, 0.15) is 0 Å². The van der Waals surface area contributed by atoms with E-state index in [-0.39, 0.29) is 40.9 Å². The molecule has 4 nitrogen and oxygen atoms in total. The second-order valence-electron chi connectivity index (χ2n) is 14.1. The van der Waals surface area contributed by atoms with Crippen molar-refractivity contribution >= 4 is 16.8 Å². The molecule has 0 spiro atoms. The lowest BCUT2D eigenvalue weighted by atomic mass is 9.80. The minimum absolute atomic E-state index is 0.0593. The predicted octanol–water partition coefficient (Wildman–Crippen LogP) is 8.36. The van der Waals surface area contributed by atoms with Crippen molar-refractivity contribution in [3.63, 3.8) is 0 Å². The molecular formula is C38H47N3O. The third kappa shape index (κ3) is 6.87. The average molecular weight is 562 g/mol. The van der Waals surface area contributed by atoms with Crippen molar-refractivity contribution < 1.29 is 4.79 Å². The van der Waals surface area contributed by atoms with Crippen LogP contribution >= 0.6 is 0 Å². The quantitative estimate of drug-likeness (QED) is 0.222. The van der Waals surface area contributed by atoms with Crippen molar-refractivity contribution in [2.75, 3.05) is 6.54 Å². The highest BCUT2D eigenvalue weighted by atomic mass is 16.2. The Morgan fingerprint density at radius 3 is 1.81 bits per heavy atom. The van der Waals surface area contributed by atoms with E-state index >= 15 is 0 Å². The zero-order chi connectivity index (χ0) is 30.1. The summed E-state index contributed by atoms with van der Waals surface area (Å²) in [5.41, 5.74) is 6.61. The third-order valence-electron chi connectivity index (χ3n) is 8.80. The van der Waals surface area contributed by atoms with Gasteiger partial charge in [-0.25, -0.2) is 4.79 Å². The third-order valence-corrected chi connectivity index (χ3v) is 8.80. The van der Waals surface area contributed by atoms with Crippen LogP contribution in [0.2, 0.25) is 0 Å². The molecule has 0 aromatic heterocycles. The van der Waals surface area contributed by atoms with Crippen LogP contribution in [0.15, 0.2) is 91.0 Å². The van der Waals surface area contributed by atoms with Gasteiger partial charge in [0.05, 0.1) is 6.04 Å². The van der Waals surface area contributed by atoms with E-state index in [0.717, 1.165) is 18.5 Å². The van der Waals surface area contributed by atoms with Gasteiger partial charge in [-0.3, -0.25) is 0 Å². The molecule has 0 radical (unpaired) electrons. The molecule has 1 fully saturated rings. The van der Waals surface area contributed by atoms with Crippen LogP contribution < -0.4 is 16.0 Å². The van der Waals surface area contributed by atoms with Crippen LogP contribution in [-0.2, 0) is 10.8 Å². The molecule has 0 bridgehead atoms. The summed E-state index contributed by atoms with van der Waals surface area (Å²) in [7, 11) is 0. The molecule has 3 atom stereocenters. The topological polar surface area (TPSA) is 53.2 Å². The van der Waals surface area contributed by atoms with Crippen LogP contribution in [0.1, 0.15) is 94.7 Å². The normalized spacial score (nSPS) is 18.3. The van der Waals surface area contributed by atoms with Crippen molar-refractivity contribution in [1.29, 1.82) is 0 Å². The Kier molecular flexibility index (Phi) is 8.48. The van der Waals surface area contributed by atoms with Gasteiger partial charge in [-0.05, 0) is 68.8 Å². The number of hydrogen-bond donors (Lipinski definition) is 3. The number of hydrogen-bond acceptors (Lipinski definition) is 2. The lowest BCUT2D eigenvalue weighted by Gasteiger charge is -2.28. The molecule has 4 aromatic carbocycles. The number of fused-ring (bicyclic) bond motifs is 1. The maximum absolute atomic E-state index is 13.1. The smallest absolute Gasteiger partial charge is 0.315 e. The molecule has 1 aliphatic heterocycles. The van der Waals surface area contributed by atoms with Crippen molar-refractivity contribution in [2.24, 2.45) is 0 Å². The Morgan fingerprint density at radius 2 is 1.26 bits per heavy atom. The van der Waals surface area contributed by atoms with Crippen molar-refractivity contribution in [3.05, 3.63) is 119 Å². The Morgan fingerprint density at radius 1 is 0.738 bits per heavy atom. The molecule has 0 aliphatic carbocycles. The molecule has 5 rings (SSSR count). The average Bonchev–Trinajstić information content (AvgIpc) is 3.40. The van der Waals surface area contributed by atoms with Crippen LogP contribution in [0.25, 0.3) is 10.8 Å². The fraction of sp³-hybridized carbons (Fsp3) is 0.395. The molecular weight excluding hydrogens is 514 g/mol. The number of nitrogens with one attached hydrogen (secondary N) is 3. The first-order valence-corrected chi connectivity index (χ1v) is 15.4. The number of rotatable bonds is 6. The van der Waals surface area contributed by atoms with E-state index in [2.05, 4.69) is 136 Å². The summed E-state index contributed by atoms with van der Waals surface area (Å²) in [5.74, 6) is 0.194. The fourth-order valence-electron chi connectivity index (χ4n) is 6.15. The highest BCUT2D eigenvalue weighted by molar-refractivity contribution is 5.83. The van der Waals surface area contributed by atoms with Crippen molar-refractivity contribution in [3.8, 4) is 0 Å². The van der Waals surface area contributed by atoms with Crippen LogP contribution in [-0.4, -0.2) is 24.7 Å². The molecule has 42 heavy (non-hydrogen) atoms. The molecule has 1 saturated heterocycles. The van der Waals surface area contributed by atoms with Gasteiger partial charge in [0.25, 0.3) is 0 Å². The van der Waals surface area contributed by atoms with E-state index < -0.39 is 0 Å². The zero-order valence-electron chi connectivity index (χ0n) is 26.3. The molecule has 4 aromatic rings. The van der Waals surface area contributed by atoms with Crippen LogP contribution in [0.4, 0.5) is 4.79 Å². The van der Waals surface area contributed by atoms with E-state index in [1.807, 2.05) is 19.1 Å². The first-order valence-electron chi connectivity index (χ1n) is 15.4. The summed E-state index contributed by atoms with van der Waals surface area (Å²) in [6, 6.07) is 33.0. The van der Waals surface area contributed by atoms with Gasteiger partial charge in [0.15, 0.2) is 0 Å². The van der Waals surface area contributed by atoms with E-state index in [1.165, 1.54) is 33.0 Å². The number of amides is 2. The standard InChI is InChI=1S/C38H47N3O/c1-25(29-13-12-26-10-8-9-11-30(26)22-29)40-36(42)41-33-23-34(39-24-33)35(27-14-18-31(19-15-27)37(2,3)4)28-16-20-32(21-17-28)38(5,6)7/h8-22,25,33-35,39H,23-24H2,1-7H3,(H2,40,41,42)/t25-,33?,34?/m1/s1. The maximum atomic E-state index is 13.1. The zero-order valence-corrected chi connectivity index (χ0v) is 26.3. The fourth-order valence-corrected chi connectivity index (χ4v) is 6.15. The SMILES string of the molecule is C[C@@H](NC(=O)NC1CNC(C(c2ccc(C(C)(C)C)cc2)c2ccc(C(C)(C)C)cc2)C1)c1ccc2ccccc2c1. The van der Waals surface area contributed by atoms with Gasteiger partial charge in [0, 0.05) is 24.5 Å². The molecule has 3 N–H and O–H groups in total. The Hall–Kier alpha value is -3.63. The molecule has 220 valence electrons. The van der Waals surface area contributed by atoms with E-state index in [0.29, 0.717) is 0 Å². The highest BCUT2D eigenvalue weighted by Crippen LogP contribution is 2.35. The Labute approximate surface area is 252 Å².